The molecule has 1 amide bonds. The van der Waals surface area contributed by atoms with Crippen molar-refractivity contribution in [2.24, 2.45) is 0 Å². The van der Waals surface area contributed by atoms with Crippen LogP contribution in [0, 0.1) is 11.6 Å². The zero-order valence-corrected chi connectivity index (χ0v) is 20.8. The molecule has 0 spiro atoms. The SMILES string of the molecule is CCCCCn1cc(C(=O)NCc2ccc(F)cc2F)nc1-c1ccc(SC(C)(C)C(=O)O)cc1. The van der Waals surface area contributed by atoms with Crippen molar-refractivity contribution in [1.29, 1.82) is 0 Å². The predicted molar refractivity (Wildman–Crippen MR) is 132 cm³/mol. The number of amides is 1. The summed E-state index contributed by atoms with van der Waals surface area (Å²) < 4.78 is 28.0. The van der Waals surface area contributed by atoms with E-state index in [-0.39, 0.29) is 17.8 Å². The van der Waals surface area contributed by atoms with Gasteiger partial charge in [-0.1, -0.05) is 38.0 Å². The number of carboxylic acid groups (broad SMARTS) is 1. The number of halogens is 2. The Morgan fingerprint density at radius 3 is 2.46 bits per heavy atom. The Morgan fingerprint density at radius 1 is 1.11 bits per heavy atom. The lowest BCUT2D eigenvalue weighted by Crippen LogP contribution is -2.26. The highest BCUT2D eigenvalue weighted by Crippen LogP contribution is 2.34. The number of rotatable bonds is 11. The summed E-state index contributed by atoms with van der Waals surface area (Å²) in [5.41, 5.74) is 1.17. The Labute approximate surface area is 207 Å². The van der Waals surface area contributed by atoms with Gasteiger partial charge in [0.15, 0.2) is 0 Å². The van der Waals surface area contributed by atoms with Crippen molar-refractivity contribution < 1.29 is 23.5 Å². The molecule has 0 atom stereocenters. The molecular formula is C26H29F2N3O3S. The Bertz CT molecular complexity index is 1190. The van der Waals surface area contributed by atoms with Crippen molar-refractivity contribution in [1.82, 2.24) is 14.9 Å². The summed E-state index contributed by atoms with van der Waals surface area (Å²) >= 11 is 1.25. The standard InChI is InChI=1S/C26H29F2N3O3S/c1-4-5-6-13-31-16-22(24(32)29-15-18-7-10-19(27)14-21(18)28)30-23(31)17-8-11-20(12-9-17)35-26(2,3)25(33)34/h7-12,14,16H,4-6,13,15H2,1-3H3,(H,29,32)(H,33,34). The van der Waals surface area contributed by atoms with Gasteiger partial charge < -0.3 is 15.0 Å². The van der Waals surface area contributed by atoms with Gasteiger partial charge in [0.1, 0.15) is 27.9 Å². The lowest BCUT2D eigenvalue weighted by molar-refractivity contribution is -0.138. The first-order chi connectivity index (χ1) is 16.6. The van der Waals surface area contributed by atoms with E-state index in [2.05, 4.69) is 17.2 Å². The second-order valence-corrected chi connectivity index (χ2v) is 10.4. The lowest BCUT2D eigenvalue weighted by atomic mass is 10.2. The van der Waals surface area contributed by atoms with Gasteiger partial charge in [-0.25, -0.2) is 13.8 Å². The van der Waals surface area contributed by atoms with Crippen LogP contribution in [-0.2, 0) is 17.9 Å². The highest BCUT2D eigenvalue weighted by atomic mass is 32.2. The number of imidazole rings is 1. The normalized spacial score (nSPS) is 11.5. The molecule has 0 unspecified atom stereocenters. The smallest absolute Gasteiger partial charge is 0.319 e. The molecule has 2 aromatic carbocycles. The Hall–Kier alpha value is -3.20. The molecule has 35 heavy (non-hydrogen) atoms. The topological polar surface area (TPSA) is 84.2 Å². The molecular weight excluding hydrogens is 472 g/mol. The fourth-order valence-corrected chi connectivity index (χ4v) is 4.35. The van der Waals surface area contributed by atoms with E-state index in [4.69, 9.17) is 0 Å². The first-order valence-corrected chi connectivity index (χ1v) is 12.2. The van der Waals surface area contributed by atoms with Gasteiger partial charge in [0.25, 0.3) is 5.91 Å². The van der Waals surface area contributed by atoms with Crippen LogP contribution in [0.4, 0.5) is 8.78 Å². The van der Waals surface area contributed by atoms with Crippen molar-refractivity contribution in [2.75, 3.05) is 0 Å². The van der Waals surface area contributed by atoms with E-state index in [0.29, 0.717) is 12.4 Å². The summed E-state index contributed by atoms with van der Waals surface area (Å²) in [6.45, 7) is 6.00. The molecule has 0 saturated heterocycles. The zero-order chi connectivity index (χ0) is 25.6. The van der Waals surface area contributed by atoms with Crippen LogP contribution in [0.25, 0.3) is 11.4 Å². The van der Waals surface area contributed by atoms with Crippen LogP contribution >= 0.6 is 11.8 Å². The largest absolute Gasteiger partial charge is 0.480 e. The van der Waals surface area contributed by atoms with E-state index in [1.165, 1.54) is 17.8 Å². The van der Waals surface area contributed by atoms with E-state index in [1.54, 1.807) is 20.0 Å². The number of aromatic nitrogens is 2. The van der Waals surface area contributed by atoms with E-state index >= 15 is 0 Å². The number of unbranched alkanes of at least 4 members (excludes halogenated alkanes) is 2. The van der Waals surface area contributed by atoms with Gasteiger partial charge in [-0.3, -0.25) is 9.59 Å². The van der Waals surface area contributed by atoms with Crippen LogP contribution in [0.1, 0.15) is 56.1 Å². The zero-order valence-electron chi connectivity index (χ0n) is 20.0. The Balaban J connectivity index is 1.80. The van der Waals surface area contributed by atoms with E-state index in [1.807, 2.05) is 28.8 Å². The third kappa shape index (κ3) is 6.91. The van der Waals surface area contributed by atoms with Crippen molar-refractivity contribution >= 4 is 23.6 Å². The number of nitrogens with zero attached hydrogens (tertiary/aromatic N) is 2. The van der Waals surface area contributed by atoms with E-state index < -0.39 is 28.3 Å². The average molecular weight is 502 g/mol. The molecule has 0 aliphatic heterocycles. The summed E-state index contributed by atoms with van der Waals surface area (Å²) in [6.07, 6.45) is 4.68. The number of aliphatic carboxylic acids is 1. The minimum Gasteiger partial charge on any atom is -0.480 e. The minimum absolute atomic E-state index is 0.0890. The number of hydrogen-bond donors (Lipinski definition) is 2. The van der Waals surface area contributed by atoms with Crippen LogP contribution in [0.3, 0.4) is 0 Å². The van der Waals surface area contributed by atoms with Gasteiger partial charge in [0, 0.05) is 41.4 Å². The number of aryl methyl sites for hydroxylation is 1. The Morgan fingerprint density at radius 2 is 1.83 bits per heavy atom. The first kappa shape index (κ1) is 26.4. The van der Waals surface area contributed by atoms with E-state index in [9.17, 15) is 23.5 Å². The molecule has 0 aliphatic rings. The van der Waals surface area contributed by atoms with Crippen molar-refractivity contribution in [3.63, 3.8) is 0 Å². The van der Waals surface area contributed by atoms with Gasteiger partial charge in [-0.05, 0) is 38.5 Å². The molecule has 0 saturated carbocycles. The van der Waals surface area contributed by atoms with Crippen LogP contribution in [0.2, 0.25) is 0 Å². The fourth-order valence-electron chi connectivity index (χ4n) is 3.40. The monoisotopic (exact) mass is 501 g/mol. The maximum absolute atomic E-state index is 13.9. The highest BCUT2D eigenvalue weighted by Gasteiger charge is 2.28. The van der Waals surface area contributed by atoms with Crippen LogP contribution < -0.4 is 5.32 Å². The molecule has 0 fully saturated rings. The van der Waals surface area contributed by atoms with Gasteiger partial charge in [0.05, 0.1) is 0 Å². The number of nitrogens with one attached hydrogen (secondary N) is 1. The lowest BCUT2D eigenvalue weighted by Gasteiger charge is -2.18. The number of carbonyl (C=O) groups excluding carboxylic acids is 1. The van der Waals surface area contributed by atoms with Gasteiger partial charge in [0.2, 0.25) is 0 Å². The van der Waals surface area contributed by atoms with Gasteiger partial charge >= 0.3 is 5.97 Å². The van der Waals surface area contributed by atoms with E-state index in [0.717, 1.165) is 41.9 Å². The molecule has 6 nitrogen and oxygen atoms in total. The van der Waals surface area contributed by atoms with Crippen LogP contribution in [0.5, 0.6) is 0 Å². The second-order valence-electron chi connectivity index (χ2n) is 8.71. The fraction of sp³-hybridized carbons (Fsp3) is 0.346. The molecule has 0 bridgehead atoms. The van der Waals surface area contributed by atoms with Crippen molar-refractivity contribution in [3.05, 3.63) is 71.6 Å². The molecule has 3 aromatic rings. The summed E-state index contributed by atoms with van der Waals surface area (Å²) in [5, 5.41) is 12.0. The van der Waals surface area contributed by atoms with Crippen LogP contribution in [0.15, 0.2) is 53.6 Å². The van der Waals surface area contributed by atoms with Crippen molar-refractivity contribution in [3.8, 4) is 11.4 Å². The molecule has 0 radical (unpaired) electrons. The number of benzene rings is 2. The maximum atomic E-state index is 13.9. The summed E-state index contributed by atoms with van der Waals surface area (Å²) in [5.74, 6) is -2.13. The minimum atomic E-state index is -0.963. The third-order valence-corrected chi connectivity index (χ3v) is 6.66. The molecule has 2 N–H and O–H groups in total. The number of carbonyl (C=O) groups is 2. The quantitative estimate of drug-likeness (QED) is 0.252. The molecule has 0 aliphatic carbocycles. The van der Waals surface area contributed by atoms with Crippen LogP contribution in [-0.4, -0.2) is 31.3 Å². The third-order valence-electron chi connectivity index (χ3n) is 5.47. The molecule has 9 heteroatoms. The second kappa shape index (κ2) is 11.5. The predicted octanol–water partition coefficient (Wildman–Crippen LogP) is 5.90. The highest BCUT2D eigenvalue weighted by molar-refractivity contribution is 8.01. The number of hydrogen-bond acceptors (Lipinski definition) is 4. The number of carboxylic acids is 1. The van der Waals surface area contributed by atoms with Crippen molar-refractivity contribution in [2.45, 2.75) is 62.8 Å². The molecule has 1 aromatic heterocycles. The summed E-state index contributed by atoms with van der Waals surface area (Å²) in [7, 11) is 0. The van der Waals surface area contributed by atoms with Gasteiger partial charge in [-0.15, -0.1) is 11.8 Å². The molecule has 1 heterocycles. The summed E-state index contributed by atoms with van der Waals surface area (Å²) in [4.78, 5) is 29.5. The molecule has 3 rings (SSSR count). The first-order valence-electron chi connectivity index (χ1n) is 11.4. The average Bonchev–Trinajstić information content (AvgIpc) is 3.23. The number of thioether (sulfide) groups is 1. The molecule has 186 valence electrons. The van der Waals surface area contributed by atoms with Gasteiger partial charge in [-0.2, -0.15) is 0 Å². The Kier molecular flexibility index (Phi) is 8.67. The maximum Gasteiger partial charge on any atom is 0.319 e. The summed E-state index contributed by atoms with van der Waals surface area (Å²) in [6, 6.07) is 10.6.